The van der Waals surface area contributed by atoms with Gasteiger partial charge in [0.1, 0.15) is 0 Å². The van der Waals surface area contributed by atoms with E-state index >= 15 is 0 Å². The van der Waals surface area contributed by atoms with Crippen LogP contribution in [0.5, 0.6) is 0 Å². The smallest absolute Gasteiger partial charge is 0.314 e. The second-order valence-electron chi connectivity index (χ2n) is 5.80. The number of amides is 2. The lowest BCUT2D eigenvalue weighted by Gasteiger charge is -2.24. The fourth-order valence-corrected chi connectivity index (χ4v) is 1.69. The largest absolute Gasteiger partial charge is 0.388 e. The average molecular weight is 292 g/mol. The van der Waals surface area contributed by atoms with Crippen LogP contribution in [-0.2, 0) is 10.8 Å². The van der Waals surface area contributed by atoms with Crippen LogP contribution in [0.3, 0.4) is 0 Å². The zero-order valence-corrected chi connectivity index (χ0v) is 13.5. The zero-order valence-electron chi connectivity index (χ0n) is 12.7. The molecule has 0 spiro atoms. The molecule has 3 N–H and O–H groups in total. The minimum Gasteiger partial charge on any atom is -0.388 e. The van der Waals surface area contributed by atoms with Crippen molar-refractivity contribution in [2.45, 2.75) is 51.4 Å². The van der Waals surface area contributed by atoms with Gasteiger partial charge in [-0.05, 0) is 32.6 Å². The summed E-state index contributed by atoms with van der Waals surface area (Å²) in [7, 11) is -0.948. The van der Waals surface area contributed by atoms with Crippen molar-refractivity contribution in [1.82, 2.24) is 10.6 Å². The van der Waals surface area contributed by atoms with E-state index in [1.54, 1.807) is 13.2 Å². The topological polar surface area (TPSA) is 78.4 Å². The molecule has 2 amide bonds. The highest BCUT2D eigenvalue weighted by Crippen LogP contribution is 2.15. The molecule has 0 aromatic rings. The number of hydrogen-bond donors (Lipinski definition) is 3. The minimum absolute atomic E-state index is 0.0767. The van der Waals surface area contributed by atoms with Gasteiger partial charge in [0.25, 0.3) is 0 Å². The van der Waals surface area contributed by atoms with Gasteiger partial charge in [0.05, 0.1) is 5.60 Å². The van der Waals surface area contributed by atoms with Crippen LogP contribution in [0, 0.1) is 5.92 Å². The van der Waals surface area contributed by atoms with E-state index in [1.165, 1.54) is 0 Å². The molecule has 0 aliphatic heterocycles. The van der Waals surface area contributed by atoms with Gasteiger partial charge in [0.15, 0.2) is 0 Å². The molecule has 19 heavy (non-hydrogen) atoms. The van der Waals surface area contributed by atoms with E-state index in [1.807, 2.05) is 6.92 Å². The van der Waals surface area contributed by atoms with Gasteiger partial charge in [0.2, 0.25) is 0 Å². The van der Waals surface area contributed by atoms with Crippen LogP contribution in [0.25, 0.3) is 0 Å². The molecule has 5 nitrogen and oxygen atoms in total. The molecular weight excluding hydrogens is 264 g/mol. The molecule has 3 unspecified atom stereocenters. The predicted octanol–water partition coefficient (Wildman–Crippen LogP) is 1.24. The molecule has 0 heterocycles. The molecule has 0 aromatic carbocycles. The van der Waals surface area contributed by atoms with Crippen LogP contribution in [0.1, 0.15) is 40.5 Å². The second-order valence-corrected chi connectivity index (χ2v) is 7.60. The van der Waals surface area contributed by atoms with Crippen molar-refractivity contribution in [3.63, 3.8) is 0 Å². The maximum absolute atomic E-state index is 11.5. The third-order valence-electron chi connectivity index (χ3n) is 3.01. The van der Waals surface area contributed by atoms with Crippen molar-refractivity contribution in [3.8, 4) is 0 Å². The van der Waals surface area contributed by atoms with Gasteiger partial charge < -0.3 is 15.7 Å². The van der Waals surface area contributed by atoms with Crippen LogP contribution >= 0.6 is 0 Å². The molecule has 0 fully saturated rings. The van der Waals surface area contributed by atoms with Crippen LogP contribution in [0.2, 0.25) is 0 Å². The highest BCUT2D eigenvalue weighted by molar-refractivity contribution is 7.84. The van der Waals surface area contributed by atoms with Gasteiger partial charge in [-0.25, -0.2) is 4.79 Å². The van der Waals surface area contributed by atoms with Crippen molar-refractivity contribution in [2.24, 2.45) is 5.92 Å². The Balaban J connectivity index is 3.91. The molecule has 0 saturated heterocycles. The maximum atomic E-state index is 11.5. The maximum Gasteiger partial charge on any atom is 0.314 e. The summed E-state index contributed by atoms with van der Waals surface area (Å²) in [6.07, 6.45) is 3.18. The Labute approximate surface area is 119 Å². The lowest BCUT2D eigenvalue weighted by atomic mass is 9.95. The number of nitrogens with one attached hydrogen (secondary N) is 2. The summed E-state index contributed by atoms with van der Waals surface area (Å²) in [5.74, 6) is 0.528. The fourth-order valence-electron chi connectivity index (χ4n) is 1.37. The van der Waals surface area contributed by atoms with E-state index in [-0.39, 0.29) is 17.8 Å². The first-order chi connectivity index (χ1) is 8.64. The van der Waals surface area contributed by atoms with Crippen LogP contribution in [0.4, 0.5) is 4.79 Å². The summed E-state index contributed by atoms with van der Waals surface area (Å²) in [6, 6.07) is -0.331. The van der Waals surface area contributed by atoms with E-state index in [0.717, 1.165) is 6.42 Å². The molecule has 6 heteroatoms. The highest BCUT2D eigenvalue weighted by Gasteiger charge is 2.21. The van der Waals surface area contributed by atoms with E-state index in [0.29, 0.717) is 18.9 Å². The van der Waals surface area contributed by atoms with Gasteiger partial charge in [-0.15, -0.1) is 0 Å². The molecule has 3 atom stereocenters. The first-order valence-corrected chi connectivity index (χ1v) is 8.32. The Morgan fingerprint density at radius 2 is 1.89 bits per heavy atom. The minimum atomic E-state index is -0.948. The third-order valence-corrected chi connectivity index (χ3v) is 4.31. The third kappa shape index (κ3) is 9.90. The van der Waals surface area contributed by atoms with Gasteiger partial charge >= 0.3 is 6.03 Å². The van der Waals surface area contributed by atoms with Crippen LogP contribution in [0.15, 0.2) is 0 Å². The van der Waals surface area contributed by atoms with Crippen LogP contribution < -0.4 is 10.6 Å². The van der Waals surface area contributed by atoms with E-state index in [4.69, 9.17) is 0 Å². The Bertz CT molecular complexity index is 306. The number of carbonyl (C=O) groups is 1. The quantitative estimate of drug-likeness (QED) is 0.630. The predicted molar refractivity (Wildman–Crippen MR) is 79.6 cm³/mol. The van der Waals surface area contributed by atoms with Crippen molar-refractivity contribution >= 4 is 16.8 Å². The number of rotatable bonds is 8. The van der Waals surface area contributed by atoms with E-state index in [2.05, 4.69) is 24.5 Å². The van der Waals surface area contributed by atoms with E-state index < -0.39 is 16.4 Å². The van der Waals surface area contributed by atoms with Crippen molar-refractivity contribution in [2.75, 3.05) is 19.3 Å². The molecule has 0 aliphatic rings. The van der Waals surface area contributed by atoms with Crippen LogP contribution in [-0.4, -0.2) is 45.5 Å². The lowest BCUT2D eigenvalue weighted by molar-refractivity contribution is 0.0477. The Morgan fingerprint density at radius 1 is 1.32 bits per heavy atom. The number of carbonyl (C=O) groups excluding carboxylic acids is 1. The van der Waals surface area contributed by atoms with Crippen molar-refractivity contribution in [3.05, 3.63) is 0 Å². The molecule has 0 bridgehead atoms. The normalized spacial score (nSPS) is 17.6. The molecule has 0 rings (SSSR count). The van der Waals surface area contributed by atoms with Gasteiger partial charge in [-0.3, -0.25) is 4.21 Å². The molecule has 0 saturated carbocycles. The Morgan fingerprint density at radius 3 is 2.37 bits per heavy atom. The fraction of sp³-hybridized carbons (Fsp3) is 0.923. The summed E-state index contributed by atoms with van der Waals surface area (Å²) in [4.78, 5) is 11.5. The van der Waals surface area contributed by atoms with Gasteiger partial charge in [0, 0.05) is 35.4 Å². The molecule has 0 radical (unpaired) electrons. The summed E-state index contributed by atoms with van der Waals surface area (Å²) in [5.41, 5.74) is -0.888. The lowest BCUT2D eigenvalue weighted by Crippen LogP contribution is -2.46. The van der Waals surface area contributed by atoms with Gasteiger partial charge in [-0.1, -0.05) is 13.8 Å². The van der Waals surface area contributed by atoms with E-state index in [9.17, 15) is 14.1 Å². The molecule has 0 aromatic heterocycles. The second kappa shape index (κ2) is 8.53. The summed E-state index contributed by atoms with van der Waals surface area (Å²) in [5, 5.41) is 15.3. The zero-order chi connectivity index (χ0) is 15.1. The Hall–Kier alpha value is -0.620. The first kappa shape index (κ1) is 18.4. The summed E-state index contributed by atoms with van der Waals surface area (Å²) >= 11 is 0. The SMILES string of the molecule is CC(C)CCC(C)(O)CNC(=O)NCC(C)S(C)=O. The number of aliphatic hydroxyl groups is 1. The average Bonchev–Trinajstić information content (AvgIpc) is 2.31. The molecule has 0 aliphatic carbocycles. The summed E-state index contributed by atoms with van der Waals surface area (Å²) in [6.45, 7) is 8.32. The number of urea groups is 1. The molecular formula is C13H28N2O3S. The monoisotopic (exact) mass is 292 g/mol. The number of hydrogen-bond acceptors (Lipinski definition) is 3. The standard InChI is InChI=1S/C13H28N2O3S/c1-10(2)6-7-13(4,17)9-15-12(16)14-8-11(3)19(5)18/h10-11,17H,6-9H2,1-5H3,(H2,14,15,16). The highest BCUT2D eigenvalue weighted by atomic mass is 32.2. The van der Waals surface area contributed by atoms with Gasteiger partial charge in [-0.2, -0.15) is 0 Å². The van der Waals surface area contributed by atoms with Crippen molar-refractivity contribution in [1.29, 1.82) is 0 Å². The van der Waals surface area contributed by atoms with Crippen molar-refractivity contribution < 1.29 is 14.1 Å². The molecule has 114 valence electrons. The Kier molecular flexibility index (Phi) is 8.25. The summed E-state index contributed by atoms with van der Waals surface area (Å²) < 4.78 is 11.1. The first-order valence-electron chi connectivity index (χ1n) is 6.70.